The molecule has 0 bridgehead atoms. The fourth-order valence-electron chi connectivity index (χ4n) is 9.98. The lowest BCUT2D eigenvalue weighted by Crippen LogP contribution is -2.50. The second-order valence-corrected chi connectivity index (χ2v) is 21.5. The Morgan fingerprint density at radius 1 is 0.741 bits per heavy atom. The van der Waals surface area contributed by atoms with Crippen LogP contribution in [-0.4, -0.2) is 149 Å². The van der Waals surface area contributed by atoms with E-state index in [4.69, 9.17) is 23.9 Å². The molecule has 0 radical (unpaired) electrons. The number of nitro groups is 1. The minimum Gasteiger partial charge on any atom is -0.494 e. The third kappa shape index (κ3) is 14.1. The number of hydrogen-bond donors (Lipinski definition) is 3. The van der Waals surface area contributed by atoms with E-state index in [2.05, 4.69) is 48.5 Å². The number of aldehydes is 1. The first kappa shape index (κ1) is 59.8. The molecule has 24 nitrogen and oxygen atoms in total. The summed E-state index contributed by atoms with van der Waals surface area (Å²) < 4.78 is 27.7. The van der Waals surface area contributed by atoms with Gasteiger partial charge < -0.3 is 58.4 Å². The first-order valence-electron chi connectivity index (χ1n) is 26.9. The van der Waals surface area contributed by atoms with Crippen molar-refractivity contribution in [2.24, 2.45) is 7.05 Å². The highest BCUT2D eigenvalue weighted by Gasteiger charge is 2.32. The van der Waals surface area contributed by atoms with E-state index in [1.165, 1.54) is 19.2 Å². The molecular formula is C57H73N13O11. The first-order chi connectivity index (χ1) is 38.5. The number of aromatic nitrogens is 7. The van der Waals surface area contributed by atoms with Crippen molar-refractivity contribution in [3.63, 3.8) is 0 Å². The van der Waals surface area contributed by atoms with Crippen LogP contribution in [0.4, 0.5) is 21.0 Å². The third-order valence-electron chi connectivity index (χ3n) is 13.4. The van der Waals surface area contributed by atoms with E-state index in [0.717, 1.165) is 65.8 Å². The average molecular weight is 1120 g/mol. The van der Waals surface area contributed by atoms with Gasteiger partial charge in [0.2, 0.25) is 0 Å². The molecule has 2 fully saturated rings. The lowest BCUT2D eigenvalue weighted by molar-refractivity contribution is -0.384. The normalized spacial score (nSPS) is 15.4. The van der Waals surface area contributed by atoms with Crippen LogP contribution in [0.1, 0.15) is 112 Å². The summed E-state index contributed by atoms with van der Waals surface area (Å²) >= 11 is 0. The summed E-state index contributed by atoms with van der Waals surface area (Å²) in [5.41, 5.74) is 5.36. The molecule has 3 N–H and O–H groups in total. The maximum Gasteiger partial charge on any atom is 0.407 e. The Kier molecular flexibility index (Phi) is 18.9. The Hall–Kier alpha value is -8.83. The molecule has 2 aliphatic rings. The van der Waals surface area contributed by atoms with Crippen LogP contribution in [0, 0.1) is 10.1 Å². The van der Waals surface area contributed by atoms with Gasteiger partial charge in [0.05, 0.1) is 52.5 Å². The van der Waals surface area contributed by atoms with E-state index < -0.39 is 28.3 Å². The van der Waals surface area contributed by atoms with Crippen molar-refractivity contribution < 1.29 is 47.8 Å². The third-order valence-corrected chi connectivity index (χ3v) is 13.4. The molecule has 24 heteroatoms. The van der Waals surface area contributed by atoms with Crippen molar-refractivity contribution in [1.29, 1.82) is 0 Å². The molecule has 0 unspecified atom stereocenters. The van der Waals surface area contributed by atoms with Crippen molar-refractivity contribution in [2.75, 3.05) is 52.8 Å². The molecule has 2 saturated heterocycles. The number of nitro benzene ring substituents is 1. The number of piperidine rings is 2. The standard InChI is InChI=1S/C29H36N6O4.C19H28N4O6.C9H9N3O/c1-7-35-22-11-8-12-30-20(22)16-23(35)26-32-21-14-18(15-24(38-6)25(21)33(26)5)27(36)34-13-9-10-19(17-34)31-28(37)39-29(2,3)4;1-19(2,3)29-18(25)21-13-7-6-8-22(11-13)17(24)12-9-14(23(26)27)16(20-4)15(10-12)28-5;1-2-12-7-4-3-5-10-9(7)11-8(12)6-13/h8,11-12,14-16,19H,7,9-10,13,17H2,1-6H3,(H,31,37);9-10,13,20H,6-8,11H2,1-5H3,(H,21,25);3-6H,2H2,1H3/t19-;13-;/m11./s1. The Balaban J connectivity index is 0.000000196. The van der Waals surface area contributed by atoms with Crippen LogP contribution in [0.15, 0.2) is 67.0 Å². The maximum absolute atomic E-state index is 13.6. The van der Waals surface area contributed by atoms with E-state index in [1.54, 1.807) is 63.2 Å². The first-order valence-corrected chi connectivity index (χ1v) is 26.9. The smallest absolute Gasteiger partial charge is 0.407 e. The second-order valence-electron chi connectivity index (χ2n) is 21.5. The molecule has 0 saturated carbocycles. The summed E-state index contributed by atoms with van der Waals surface area (Å²) in [5, 5.41) is 19.8. The number of amides is 4. The molecule has 4 amide bonds. The summed E-state index contributed by atoms with van der Waals surface area (Å²) in [5.74, 6) is 1.53. The van der Waals surface area contributed by atoms with E-state index in [9.17, 15) is 34.1 Å². The highest BCUT2D eigenvalue weighted by atomic mass is 16.6. The van der Waals surface area contributed by atoms with Crippen molar-refractivity contribution in [1.82, 2.24) is 54.1 Å². The van der Waals surface area contributed by atoms with E-state index in [1.807, 2.05) is 74.2 Å². The topological polar surface area (TPSA) is 274 Å². The summed E-state index contributed by atoms with van der Waals surface area (Å²) in [6.07, 6.45) is 6.19. The Morgan fingerprint density at radius 3 is 1.80 bits per heavy atom. The number of pyridine rings is 2. The van der Waals surface area contributed by atoms with Crippen LogP contribution in [-0.2, 0) is 29.6 Å². The number of carbonyl (C=O) groups excluding carboxylic acids is 5. The number of ether oxygens (including phenoxy) is 4. The number of hydrogen-bond acceptors (Lipinski definition) is 16. The van der Waals surface area contributed by atoms with Gasteiger partial charge in [-0.05, 0) is 130 Å². The molecule has 5 aromatic heterocycles. The largest absolute Gasteiger partial charge is 0.494 e. The highest BCUT2D eigenvalue weighted by molar-refractivity contribution is 6.00. The zero-order valence-electron chi connectivity index (χ0n) is 48.1. The number of nitrogens with one attached hydrogen (secondary N) is 3. The summed E-state index contributed by atoms with van der Waals surface area (Å²) in [6.45, 7) is 18.2. The van der Waals surface area contributed by atoms with Gasteiger partial charge in [-0.3, -0.25) is 29.5 Å². The number of fused-ring (bicyclic) bond motifs is 3. The molecule has 7 aromatic rings. The molecule has 7 heterocycles. The second kappa shape index (κ2) is 25.5. The molecule has 81 heavy (non-hydrogen) atoms. The van der Waals surface area contributed by atoms with Crippen molar-refractivity contribution in [3.8, 4) is 23.0 Å². The number of carbonyl (C=O) groups is 5. The van der Waals surface area contributed by atoms with Crippen LogP contribution in [0.2, 0.25) is 0 Å². The zero-order chi connectivity index (χ0) is 58.9. The Bertz CT molecular complexity index is 3450. The van der Waals surface area contributed by atoms with Gasteiger partial charge in [-0.15, -0.1) is 0 Å². The Morgan fingerprint density at radius 2 is 1.28 bits per heavy atom. The van der Waals surface area contributed by atoms with Gasteiger partial charge in [0.25, 0.3) is 17.5 Å². The number of imidazole rings is 2. The lowest BCUT2D eigenvalue weighted by Gasteiger charge is -2.33. The van der Waals surface area contributed by atoms with Crippen LogP contribution in [0.3, 0.4) is 0 Å². The summed E-state index contributed by atoms with van der Waals surface area (Å²) in [6, 6.07) is 15.7. The van der Waals surface area contributed by atoms with Gasteiger partial charge in [-0.25, -0.2) is 24.5 Å². The number of nitrogens with zero attached hydrogens (tertiary/aromatic N) is 10. The van der Waals surface area contributed by atoms with Crippen molar-refractivity contribution >= 4 is 74.9 Å². The van der Waals surface area contributed by atoms with Crippen LogP contribution >= 0.6 is 0 Å². The van der Waals surface area contributed by atoms with Crippen molar-refractivity contribution in [3.05, 3.63) is 94.1 Å². The molecular weight excluding hydrogens is 1040 g/mol. The summed E-state index contributed by atoms with van der Waals surface area (Å²) in [4.78, 5) is 93.4. The molecule has 2 aromatic carbocycles. The Labute approximate surface area is 469 Å². The average Bonchev–Trinajstić information content (AvgIpc) is 3.64. The number of rotatable bonds is 12. The number of alkyl carbamates (subject to hydrolysis) is 2. The number of anilines is 1. The number of benzene rings is 2. The van der Waals surface area contributed by atoms with Gasteiger partial charge in [-0.2, -0.15) is 0 Å². The van der Waals surface area contributed by atoms with E-state index in [0.29, 0.717) is 67.3 Å². The molecule has 2 atom stereocenters. The zero-order valence-corrected chi connectivity index (χ0v) is 48.1. The molecule has 432 valence electrons. The number of aryl methyl sites for hydroxylation is 3. The number of methoxy groups -OCH3 is 2. The molecule has 9 rings (SSSR count). The minimum absolute atomic E-state index is 0.120. The minimum atomic E-state index is -0.612. The van der Waals surface area contributed by atoms with Gasteiger partial charge in [0.1, 0.15) is 28.2 Å². The van der Waals surface area contributed by atoms with Gasteiger partial charge in [0, 0.05) is 89.5 Å². The fraction of sp³-hybridized carbons (Fsp3) is 0.456. The van der Waals surface area contributed by atoms with Gasteiger partial charge in [0.15, 0.2) is 29.3 Å². The van der Waals surface area contributed by atoms with E-state index in [-0.39, 0.29) is 46.6 Å². The van der Waals surface area contributed by atoms with E-state index >= 15 is 0 Å². The lowest BCUT2D eigenvalue weighted by atomic mass is 10.0. The number of likely N-dealkylation sites (tertiary alicyclic amines) is 2. The van der Waals surface area contributed by atoms with Crippen LogP contribution < -0.4 is 25.4 Å². The highest BCUT2D eigenvalue weighted by Crippen LogP contribution is 2.37. The van der Waals surface area contributed by atoms with Crippen LogP contribution in [0.5, 0.6) is 11.5 Å². The molecule has 0 aliphatic carbocycles. The maximum atomic E-state index is 13.6. The monoisotopic (exact) mass is 1120 g/mol. The van der Waals surface area contributed by atoms with Gasteiger partial charge >= 0.3 is 12.2 Å². The predicted molar refractivity (Wildman–Crippen MR) is 306 cm³/mol. The fourth-order valence-corrected chi connectivity index (χ4v) is 9.98. The molecule has 0 spiro atoms. The SMILES string of the molecule is CCn1c(-c2nc3cc(C(=O)N4CCC[C@@H](NC(=O)OC(C)(C)C)C4)cc(OC)c3n2C)cc2ncccc21.CCn1c(C=O)nc2ncccc21.CNc1c(OC)cc(C(=O)N2CCC[C@@H](NC(=O)OC(C)(C)C)C2)cc1[N+](=O)[O-]. The summed E-state index contributed by atoms with van der Waals surface area (Å²) in [7, 11) is 6.49. The van der Waals surface area contributed by atoms with Crippen LogP contribution in [0.25, 0.3) is 44.7 Å². The predicted octanol–water partition coefficient (Wildman–Crippen LogP) is 8.79. The van der Waals surface area contributed by atoms with Gasteiger partial charge in [-0.1, -0.05) is 0 Å². The molecule has 2 aliphatic heterocycles. The quantitative estimate of drug-likeness (QED) is 0.0586. The van der Waals surface area contributed by atoms with Crippen molar-refractivity contribution in [2.45, 2.75) is 117 Å².